The zero-order valence-corrected chi connectivity index (χ0v) is 20.1. The van der Waals surface area contributed by atoms with E-state index in [1.54, 1.807) is 26.0 Å². The van der Waals surface area contributed by atoms with Crippen molar-refractivity contribution < 1.29 is 4.79 Å². The molecule has 0 unspecified atom stereocenters. The van der Waals surface area contributed by atoms with Crippen molar-refractivity contribution in [2.45, 2.75) is 13.0 Å². The first-order chi connectivity index (χ1) is 13.4. The predicted molar refractivity (Wildman–Crippen MR) is 130 cm³/mol. The number of halogens is 1. The van der Waals surface area contributed by atoms with Gasteiger partial charge in [-0.2, -0.15) is 0 Å². The smallest absolute Gasteiger partial charge is 0.253 e. The number of nitrogens with one attached hydrogen (secondary N) is 2. The molecule has 0 atom stereocenters. The largest absolute Gasteiger partial charge is 0.363 e. The highest BCUT2D eigenvalue weighted by Crippen LogP contribution is 2.09. The summed E-state index contributed by atoms with van der Waals surface area (Å²) < 4.78 is 0. The average Bonchev–Trinajstić information content (AvgIpc) is 2.70. The maximum absolute atomic E-state index is 12.1. The van der Waals surface area contributed by atoms with Gasteiger partial charge in [0.1, 0.15) is 5.82 Å². The molecule has 2 N–H and O–H groups in total. The van der Waals surface area contributed by atoms with Crippen LogP contribution in [-0.4, -0.2) is 63.5 Å². The highest BCUT2D eigenvalue weighted by Gasteiger charge is 2.08. The minimum atomic E-state index is 0. The summed E-state index contributed by atoms with van der Waals surface area (Å²) in [5.74, 6) is 1.68. The average molecular weight is 510 g/mol. The van der Waals surface area contributed by atoms with E-state index in [1.165, 1.54) is 0 Å². The molecule has 2 rings (SSSR count). The quantitative estimate of drug-likeness (QED) is 0.340. The highest BCUT2D eigenvalue weighted by atomic mass is 127. The van der Waals surface area contributed by atoms with E-state index in [1.807, 2.05) is 61.6 Å². The Morgan fingerprint density at radius 2 is 1.83 bits per heavy atom. The van der Waals surface area contributed by atoms with Crippen LogP contribution < -0.4 is 15.5 Å². The van der Waals surface area contributed by atoms with E-state index < -0.39 is 0 Å². The van der Waals surface area contributed by atoms with Gasteiger partial charge in [0.05, 0.1) is 0 Å². The van der Waals surface area contributed by atoms with Gasteiger partial charge in [0, 0.05) is 60.1 Å². The van der Waals surface area contributed by atoms with Gasteiger partial charge >= 0.3 is 0 Å². The Morgan fingerprint density at radius 1 is 1.07 bits per heavy atom. The zero-order chi connectivity index (χ0) is 20.5. The molecule has 0 aliphatic heterocycles. The number of carbonyl (C=O) groups excluding carboxylic acids is 1. The van der Waals surface area contributed by atoms with Crippen LogP contribution >= 0.6 is 24.0 Å². The van der Waals surface area contributed by atoms with Crippen LogP contribution in [0, 0.1) is 0 Å². The number of anilines is 1. The fourth-order valence-electron chi connectivity index (χ4n) is 2.66. The maximum Gasteiger partial charge on any atom is 0.253 e. The molecule has 0 spiro atoms. The third-order valence-corrected chi connectivity index (χ3v) is 4.24. The molecule has 0 bridgehead atoms. The molecule has 1 aromatic heterocycles. The minimum absolute atomic E-state index is 0. The summed E-state index contributed by atoms with van der Waals surface area (Å²) in [6, 6.07) is 11.8. The van der Waals surface area contributed by atoms with Gasteiger partial charge in [0.15, 0.2) is 5.96 Å². The Hall–Kier alpha value is -2.36. The van der Waals surface area contributed by atoms with Crippen molar-refractivity contribution in [3.05, 3.63) is 59.3 Å². The van der Waals surface area contributed by atoms with E-state index in [0.717, 1.165) is 35.9 Å². The molecule has 0 fully saturated rings. The first kappa shape index (κ1) is 24.7. The van der Waals surface area contributed by atoms with E-state index in [-0.39, 0.29) is 29.9 Å². The number of amides is 1. The van der Waals surface area contributed by atoms with Crippen LogP contribution in [0.1, 0.15) is 21.5 Å². The summed E-state index contributed by atoms with van der Waals surface area (Å²) in [7, 11) is 9.22. The molecule has 0 saturated carbocycles. The normalized spacial score (nSPS) is 10.7. The Labute approximate surface area is 190 Å². The molecule has 0 aliphatic rings. The van der Waals surface area contributed by atoms with Crippen molar-refractivity contribution in [2.75, 3.05) is 46.7 Å². The van der Waals surface area contributed by atoms with Crippen molar-refractivity contribution >= 4 is 41.7 Å². The second-order valence-corrected chi connectivity index (χ2v) is 6.92. The predicted octanol–water partition coefficient (Wildman–Crippen LogP) is 2.38. The van der Waals surface area contributed by atoms with Crippen LogP contribution in [0.5, 0.6) is 0 Å². The van der Waals surface area contributed by atoms with Gasteiger partial charge in [-0.1, -0.05) is 12.1 Å². The molecular formula is C21H31IN6O. The molecule has 2 aromatic rings. The van der Waals surface area contributed by atoms with Gasteiger partial charge in [-0.3, -0.25) is 9.79 Å². The first-order valence-corrected chi connectivity index (χ1v) is 9.28. The monoisotopic (exact) mass is 510 g/mol. The van der Waals surface area contributed by atoms with Crippen LogP contribution in [0.3, 0.4) is 0 Å². The van der Waals surface area contributed by atoms with E-state index >= 15 is 0 Å². The number of guanidine groups is 1. The number of nitrogens with zero attached hydrogens (tertiary/aromatic N) is 4. The van der Waals surface area contributed by atoms with E-state index in [4.69, 9.17) is 0 Å². The fraction of sp³-hybridized carbons (Fsp3) is 0.381. The SMILES string of the molecule is CN=C(NCCc1cccc(C(=O)N(C)C)c1)NCc1ccnc(N(C)C)c1.I. The Morgan fingerprint density at radius 3 is 2.48 bits per heavy atom. The van der Waals surface area contributed by atoms with E-state index in [0.29, 0.717) is 12.1 Å². The standard InChI is InChI=1S/C21H30N6O.HI/c1-22-21(25-15-17-10-11-23-19(14-17)26(2)3)24-12-9-16-7-6-8-18(13-16)20(28)27(4)5;/h6-8,10-11,13-14H,9,12,15H2,1-5H3,(H2,22,24,25);1H. The lowest BCUT2D eigenvalue weighted by molar-refractivity contribution is 0.0827. The number of aliphatic imine (C=N–C) groups is 1. The van der Waals surface area contributed by atoms with Gasteiger partial charge in [-0.05, 0) is 41.8 Å². The number of aromatic nitrogens is 1. The van der Waals surface area contributed by atoms with Gasteiger partial charge < -0.3 is 20.4 Å². The van der Waals surface area contributed by atoms with Crippen molar-refractivity contribution in [2.24, 2.45) is 4.99 Å². The Bertz CT molecular complexity index is 822. The lowest BCUT2D eigenvalue weighted by Gasteiger charge is -2.15. The van der Waals surface area contributed by atoms with Crippen molar-refractivity contribution in [1.82, 2.24) is 20.5 Å². The van der Waals surface area contributed by atoms with Crippen LogP contribution in [0.2, 0.25) is 0 Å². The van der Waals surface area contributed by atoms with Crippen LogP contribution in [0.25, 0.3) is 0 Å². The molecule has 0 aliphatic carbocycles. The maximum atomic E-state index is 12.1. The highest BCUT2D eigenvalue weighted by molar-refractivity contribution is 14.0. The molecule has 0 saturated heterocycles. The zero-order valence-electron chi connectivity index (χ0n) is 17.8. The van der Waals surface area contributed by atoms with Gasteiger partial charge in [0.25, 0.3) is 5.91 Å². The second-order valence-electron chi connectivity index (χ2n) is 6.92. The molecule has 7 nitrogen and oxygen atoms in total. The lowest BCUT2D eigenvalue weighted by Crippen LogP contribution is -2.37. The van der Waals surface area contributed by atoms with E-state index in [2.05, 4.69) is 20.6 Å². The van der Waals surface area contributed by atoms with Crippen molar-refractivity contribution in [3.63, 3.8) is 0 Å². The molecule has 0 radical (unpaired) electrons. The summed E-state index contributed by atoms with van der Waals surface area (Å²) in [5.41, 5.74) is 2.95. The number of benzene rings is 1. The Kier molecular flexibility index (Phi) is 10.4. The summed E-state index contributed by atoms with van der Waals surface area (Å²) >= 11 is 0. The van der Waals surface area contributed by atoms with Crippen LogP contribution in [-0.2, 0) is 13.0 Å². The second kappa shape index (κ2) is 12.3. The van der Waals surface area contributed by atoms with E-state index in [9.17, 15) is 4.79 Å². The van der Waals surface area contributed by atoms with Gasteiger partial charge in [0.2, 0.25) is 0 Å². The van der Waals surface area contributed by atoms with Gasteiger partial charge in [-0.25, -0.2) is 4.98 Å². The number of carbonyl (C=O) groups is 1. The van der Waals surface area contributed by atoms with Crippen LogP contribution in [0.4, 0.5) is 5.82 Å². The summed E-state index contributed by atoms with van der Waals surface area (Å²) in [6.45, 7) is 1.38. The summed E-state index contributed by atoms with van der Waals surface area (Å²) in [6.07, 6.45) is 2.61. The third kappa shape index (κ3) is 7.88. The molecule has 1 heterocycles. The summed E-state index contributed by atoms with van der Waals surface area (Å²) in [5, 5.41) is 6.63. The molecule has 1 aromatic carbocycles. The van der Waals surface area contributed by atoms with Gasteiger partial charge in [-0.15, -0.1) is 24.0 Å². The topological polar surface area (TPSA) is 72.9 Å². The van der Waals surface area contributed by atoms with Crippen LogP contribution in [0.15, 0.2) is 47.6 Å². The number of pyridine rings is 1. The molecular weight excluding hydrogens is 479 g/mol. The first-order valence-electron chi connectivity index (χ1n) is 9.28. The lowest BCUT2D eigenvalue weighted by atomic mass is 10.1. The molecule has 158 valence electrons. The van der Waals surface area contributed by atoms with Crippen molar-refractivity contribution in [1.29, 1.82) is 0 Å². The van der Waals surface area contributed by atoms with Crippen molar-refractivity contribution in [3.8, 4) is 0 Å². The fourth-order valence-corrected chi connectivity index (χ4v) is 2.66. The third-order valence-electron chi connectivity index (χ3n) is 4.24. The number of hydrogen-bond donors (Lipinski definition) is 2. The Balaban J connectivity index is 0.00000420. The number of hydrogen-bond acceptors (Lipinski definition) is 4. The summed E-state index contributed by atoms with van der Waals surface area (Å²) in [4.78, 5) is 24.2. The molecule has 1 amide bonds. The molecule has 8 heteroatoms. The molecule has 29 heavy (non-hydrogen) atoms. The number of rotatable bonds is 7. The minimum Gasteiger partial charge on any atom is -0.363 e.